The summed E-state index contributed by atoms with van der Waals surface area (Å²) in [5.41, 5.74) is 0.801. The summed E-state index contributed by atoms with van der Waals surface area (Å²) < 4.78 is 0. The average Bonchev–Trinajstić information content (AvgIpc) is 2.48. The molecule has 4 unspecified atom stereocenters. The van der Waals surface area contributed by atoms with Crippen molar-refractivity contribution >= 4 is 0 Å². The molecule has 0 aromatic carbocycles. The molecule has 0 bridgehead atoms. The first-order valence-electron chi connectivity index (χ1n) is 10.9. The number of hydrogen-bond donors (Lipinski definition) is 0. The van der Waals surface area contributed by atoms with Crippen molar-refractivity contribution < 1.29 is 0 Å². The van der Waals surface area contributed by atoms with Gasteiger partial charge in [0.05, 0.1) is 0 Å². The maximum atomic E-state index is 2.58. The quantitative estimate of drug-likeness (QED) is 0.354. The molecule has 0 aromatic rings. The number of hydrogen-bond acceptors (Lipinski definition) is 0. The molecule has 0 amide bonds. The third-order valence-electron chi connectivity index (χ3n) is 8.05. The molecule has 24 heavy (non-hydrogen) atoms. The first kappa shape index (κ1) is 24.0. The summed E-state index contributed by atoms with van der Waals surface area (Å²) in [6, 6.07) is 0. The monoisotopic (exact) mass is 338 g/mol. The third kappa shape index (κ3) is 5.01. The summed E-state index contributed by atoms with van der Waals surface area (Å²) in [5.74, 6) is 4.67. The first-order chi connectivity index (χ1) is 10.9. The topological polar surface area (TPSA) is 0 Å². The second-order valence-electron chi connectivity index (χ2n) is 10.3. The fourth-order valence-corrected chi connectivity index (χ4v) is 5.51. The summed E-state index contributed by atoms with van der Waals surface area (Å²) in [4.78, 5) is 0. The van der Waals surface area contributed by atoms with E-state index in [4.69, 9.17) is 0 Å². The van der Waals surface area contributed by atoms with Gasteiger partial charge in [0.15, 0.2) is 0 Å². The summed E-state index contributed by atoms with van der Waals surface area (Å²) in [5, 5.41) is 0. The molecular formula is C24H50. The van der Waals surface area contributed by atoms with E-state index in [1.54, 1.807) is 0 Å². The summed E-state index contributed by atoms with van der Waals surface area (Å²) >= 11 is 0. The first-order valence-corrected chi connectivity index (χ1v) is 10.9. The molecule has 0 aliphatic heterocycles. The third-order valence-corrected chi connectivity index (χ3v) is 8.05. The molecular weight excluding hydrogens is 288 g/mol. The molecule has 0 aromatic heterocycles. The van der Waals surface area contributed by atoms with Gasteiger partial charge in [0, 0.05) is 0 Å². The lowest BCUT2D eigenvalue weighted by atomic mass is 9.48. The van der Waals surface area contributed by atoms with Crippen LogP contribution in [0.3, 0.4) is 0 Å². The van der Waals surface area contributed by atoms with Gasteiger partial charge in [-0.25, -0.2) is 0 Å². The second kappa shape index (κ2) is 9.63. The van der Waals surface area contributed by atoms with E-state index in [0.29, 0.717) is 10.8 Å². The van der Waals surface area contributed by atoms with Gasteiger partial charge in [0.1, 0.15) is 0 Å². The molecule has 0 radical (unpaired) electrons. The predicted molar refractivity (Wildman–Crippen MR) is 112 cm³/mol. The molecule has 146 valence electrons. The van der Waals surface area contributed by atoms with Crippen LogP contribution >= 0.6 is 0 Å². The predicted octanol–water partition coefficient (Wildman–Crippen LogP) is 8.46. The van der Waals surface area contributed by atoms with E-state index in [1.807, 2.05) is 0 Å². The molecule has 0 aliphatic rings. The van der Waals surface area contributed by atoms with E-state index in [1.165, 1.54) is 25.7 Å². The molecule has 0 spiro atoms. The Hall–Kier alpha value is 0. The summed E-state index contributed by atoms with van der Waals surface area (Å²) in [7, 11) is 0. The van der Waals surface area contributed by atoms with E-state index in [0.717, 1.165) is 35.5 Å². The minimum absolute atomic E-state index is 0.367. The van der Waals surface area contributed by atoms with Gasteiger partial charge in [-0.15, -0.1) is 0 Å². The fraction of sp³-hybridized carbons (Fsp3) is 1.00. The van der Waals surface area contributed by atoms with E-state index in [2.05, 4.69) is 83.1 Å². The zero-order valence-corrected chi connectivity index (χ0v) is 19.3. The number of rotatable bonds is 11. The van der Waals surface area contributed by atoms with Crippen molar-refractivity contribution in [1.29, 1.82) is 0 Å². The van der Waals surface area contributed by atoms with E-state index >= 15 is 0 Å². The zero-order chi connectivity index (χ0) is 19.3. The van der Waals surface area contributed by atoms with Crippen molar-refractivity contribution in [2.24, 2.45) is 46.3 Å². The van der Waals surface area contributed by atoms with Crippen LogP contribution < -0.4 is 0 Å². The van der Waals surface area contributed by atoms with Gasteiger partial charge in [-0.2, -0.15) is 0 Å². The SMILES string of the molecule is CCCC(CC(C(C)C)C(C)CC)(C(C)C)C(C)(C)C(C)C(C)C. The Kier molecular flexibility index (Phi) is 9.63. The van der Waals surface area contributed by atoms with E-state index in [-0.39, 0.29) is 0 Å². The standard InChI is InChI=1S/C24H50/c1-13-15-24(19(7)8,23(11,12)21(10)17(3)4)16-22(18(5)6)20(9)14-2/h17-22H,13-16H2,1-12H3. The maximum Gasteiger partial charge on any atom is -0.0218 e. The Morgan fingerprint density at radius 1 is 0.750 bits per heavy atom. The Balaban J connectivity index is 6.05. The minimum Gasteiger partial charge on any atom is -0.0654 e. The normalized spacial score (nSPS) is 19.6. The van der Waals surface area contributed by atoms with Crippen LogP contribution in [0.2, 0.25) is 0 Å². The van der Waals surface area contributed by atoms with Crippen molar-refractivity contribution in [2.75, 3.05) is 0 Å². The molecule has 0 rings (SSSR count). The largest absolute Gasteiger partial charge is 0.0654 e. The van der Waals surface area contributed by atoms with Crippen molar-refractivity contribution in [3.63, 3.8) is 0 Å². The molecule has 0 saturated carbocycles. The molecule has 0 N–H and O–H groups in total. The van der Waals surface area contributed by atoms with Crippen LogP contribution in [0.5, 0.6) is 0 Å². The molecule has 0 heteroatoms. The molecule has 0 nitrogen and oxygen atoms in total. The highest BCUT2D eigenvalue weighted by Gasteiger charge is 2.51. The Morgan fingerprint density at radius 3 is 1.54 bits per heavy atom. The van der Waals surface area contributed by atoms with Crippen LogP contribution in [-0.4, -0.2) is 0 Å². The highest BCUT2D eigenvalue weighted by molar-refractivity contribution is 4.99. The molecule has 4 atom stereocenters. The van der Waals surface area contributed by atoms with Gasteiger partial charge in [-0.1, -0.05) is 95.9 Å². The second-order valence-corrected chi connectivity index (χ2v) is 10.3. The van der Waals surface area contributed by atoms with Crippen LogP contribution in [-0.2, 0) is 0 Å². The van der Waals surface area contributed by atoms with Gasteiger partial charge >= 0.3 is 0 Å². The van der Waals surface area contributed by atoms with Crippen LogP contribution in [0.25, 0.3) is 0 Å². The molecule has 0 fully saturated rings. The van der Waals surface area contributed by atoms with Crippen molar-refractivity contribution in [3.05, 3.63) is 0 Å². The Bertz CT molecular complexity index is 336. The molecule has 0 aliphatic carbocycles. The fourth-order valence-electron chi connectivity index (χ4n) is 5.51. The van der Waals surface area contributed by atoms with Gasteiger partial charge in [0.25, 0.3) is 0 Å². The van der Waals surface area contributed by atoms with Gasteiger partial charge < -0.3 is 0 Å². The zero-order valence-electron chi connectivity index (χ0n) is 19.3. The van der Waals surface area contributed by atoms with Crippen molar-refractivity contribution in [2.45, 2.75) is 109 Å². The van der Waals surface area contributed by atoms with Crippen molar-refractivity contribution in [1.82, 2.24) is 0 Å². The van der Waals surface area contributed by atoms with Crippen LogP contribution in [0.4, 0.5) is 0 Å². The van der Waals surface area contributed by atoms with Crippen LogP contribution in [0.15, 0.2) is 0 Å². The highest BCUT2D eigenvalue weighted by Crippen LogP contribution is 2.58. The van der Waals surface area contributed by atoms with Gasteiger partial charge in [-0.05, 0) is 59.2 Å². The van der Waals surface area contributed by atoms with E-state index < -0.39 is 0 Å². The van der Waals surface area contributed by atoms with Crippen molar-refractivity contribution in [3.8, 4) is 0 Å². The Morgan fingerprint density at radius 2 is 1.25 bits per heavy atom. The average molecular weight is 339 g/mol. The Labute approximate surface area is 155 Å². The highest BCUT2D eigenvalue weighted by atomic mass is 14.6. The summed E-state index contributed by atoms with van der Waals surface area (Å²) in [6.45, 7) is 29.7. The molecule has 0 saturated heterocycles. The van der Waals surface area contributed by atoms with Gasteiger partial charge in [0.2, 0.25) is 0 Å². The maximum absolute atomic E-state index is 2.58. The van der Waals surface area contributed by atoms with Gasteiger partial charge in [-0.3, -0.25) is 0 Å². The summed E-state index contributed by atoms with van der Waals surface area (Å²) in [6.07, 6.45) is 5.38. The lowest BCUT2D eigenvalue weighted by Gasteiger charge is -2.56. The lowest BCUT2D eigenvalue weighted by molar-refractivity contribution is -0.0762. The van der Waals surface area contributed by atoms with Crippen LogP contribution in [0, 0.1) is 46.3 Å². The minimum atomic E-state index is 0.367. The smallest absolute Gasteiger partial charge is 0.0218 e. The van der Waals surface area contributed by atoms with Crippen LogP contribution in [0.1, 0.15) is 109 Å². The molecule has 0 heterocycles. The lowest BCUT2D eigenvalue weighted by Crippen LogP contribution is -2.49. The van der Waals surface area contributed by atoms with E-state index in [9.17, 15) is 0 Å².